The molecule has 1 saturated heterocycles. The number of carbonyl (C=O) groups is 1. The summed E-state index contributed by atoms with van der Waals surface area (Å²) >= 11 is 0. The van der Waals surface area contributed by atoms with Crippen molar-refractivity contribution < 1.29 is 4.79 Å². The summed E-state index contributed by atoms with van der Waals surface area (Å²) in [6.45, 7) is 4.04. The number of aromatic amines is 1. The van der Waals surface area contributed by atoms with Crippen LogP contribution >= 0.6 is 0 Å². The number of carbonyl (C=O) groups excluding carboxylic acids is 1. The number of para-hydroxylation sites is 1. The number of benzene rings is 1. The molecule has 2 aromatic rings. The number of fused-ring (bicyclic) bond motifs is 1. The SMILES string of the molecule is Cc1cccc2cc(C(=O)N[C@@H]3CCN(C)C3)[nH]c12. The van der Waals surface area contributed by atoms with Crippen molar-refractivity contribution in [3.8, 4) is 0 Å². The van der Waals surface area contributed by atoms with Crippen molar-refractivity contribution in [1.29, 1.82) is 0 Å². The number of likely N-dealkylation sites (N-methyl/N-ethyl adjacent to an activating group) is 1. The third-order valence-corrected chi connectivity index (χ3v) is 3.84. The molecule has 1 fully saturated rings. The van der Waals surface area contributed by atoms with Crippen LogP contribution in [-0.2, 0) is 0 Å². The molecule has 3 rings (SSSR count). The highest BCUT2D eigenvalue weighted by Crippen LogP contribution is 2.19. The van der Waals surface area contributed by atoms with Crippen molar-refractivity contribution in [2.45, 2.75) is 19.4 Å². The predicted octanol–water partition coefficient (Wildman–Crippen LogP) is 1.91. The van der Waals surface area contributed by atoms with Gasteiger partial charge in [-0.1, -0.05) is 18.2 Å². The molecule has 1 atom stereocenters. The van der Waals surface area contributed by atoms with Gasteiger partial charge in [-0.25, -0.2) is 0 Å². The molecule has 0 spiro atoms. The first-order valence-electron chi connectivity index (χ1n) is 6.71. The van der Waals surface area contributed by atoms with E-state index in [1.165, 1.54) is 0 Å². The standard InChI is InChI=1S/C15H19N3O/c1-10-4-3-5-11-8-13(17-14(10)11)15(19)16-12-6-7-18(2)9-12/h3-5,8,12,17H,6-7,9H2,1-2H3,(H,16,19)/t12-/m1/s1. The van der Waals surface area contributed by atoms with Gasteiger partial charge in [-0.15, -0.1) is 0 Å². The van der Waals surface area contributed by atoms with Gasteiger partial charge in [-0.05, 0) is 38.6 Å². The normalized spacial score (nSPS) is 20.0. The summed E-state index contributed by atoms with van der Waals surface area (Å²) in [5.41, 5.74) is 2.87. The third kappa shape index (κ3) is 2.36. The lowest BCUT2D eigenvalue weighted by Crippen LogP contribution is -2.36. The Morgan fingerprint density at radius 3 is 3.00 bits per heavy atom. The maximum absolute atomic E-state index is 12.2. The smallest absolute Gasteiger partial charge is 0.267 e. The molecule has 0 unspecified atom stereocenters. The second-order valence-electron chi connectivity index (χ2n) is 5.44. The Balaban J connectivity index is 1.80. The molecule has 19 heavy (non-hydrogen) atoms. The lowest BCUT2D eigenvalue weighted by molar-refractivity contribution is 0.0934. The van der Waals surface area contributed by atoms with Crippen molar-refractivity contribution in [2.24, 2.45) is 0 Å². The Morgan fingerprint density at radius 2 is 2.32 bits per heavy atom. The van der Waals surface area contributed by atoms with Gasteiger partial charge < -0.3 is 15.2 Å². The lowest BCUT2D eigenvalue weighted by atomic mass is 10.2. The molecular formula is C15H19N3O. The molecule has 1 aliphatic rings. The first-order chi connectivity index (χ1) is 9.13. The second-order valence-corrected chi connectivity index (χ2v) is 5.44. The minimum absolute atomic E-state index is 0.00380. The van der Waals surface area contributed by atoms with Crippen molar-refractivity contribution in [3.63, 3.8) is 0 Å². The van der Waals surface area contributed by atoms with Gasteiger partial charge in [0.2, 0.25) is 0 Å². The Labute approximate surface area is 112 Å². The fourth-order valence-corrected chi connectivity index (χ4v) is 2.75. The largest absolute Gasteiger partial charge is 0.350 e. The molecule has 0 radical (unpaired) electrons. The average Bonchev–Trinajstić information content (AvgIpc) is 2.96. The van der Waals surface area contributed by atoms with E-state index in [1.54, 1.807) is 0 Å². The van der Waals surface area contributed by atoms with Gasteiger partial charge in [-0.2, -0.15) is 0 Å². The molecule has 4 nitrogen and oxygen atoms in total. The van der Waals surface area contributed by atoms with Crippen LogP contribution in [0.4, 0.5) is 0 Å². The van der Waals surface area contributed by atoms with Crippen molar-refractivity contribution in [3.05, 3.63) is 35.5 Å². The van der Waals surface area contributed by atoms with E-state index in [0.29, 0.717) is 5.69 Å². The third-order valence-electron chi connectivity index (χ3n) is 3.84. The molecule has 1 amide bonds. The van der Waals surface area contributed by atoms with Crippen LogP contribution in [0.5, 0.6) is 0 Å². The van der Waals surface area contributed by atoms with Crippen LogP contribution in [0.3, 0.4) is 0 Å². The van der Waals surface area contributed by atoms with Gasteiger partial charge in [0.15, 0.2) is 0 Å². The Bertz CT molecular complexity index is 617. The number of hydrogen-bond donors (Lipinski definition) is 2. The summed E-state index contributed by atoms with van der Waals surface area (Å²) in [5.74, 6) is -0.00380. The van der Waals surface area contributed by atoms with E-state index in [-0.39, 0.29) is 11.9 Å². The summed E-state index contributed by atoms with van der Waals surface area (Å²) in [7, 11) is 2.08. The van der Waals surface area contributed by atoms with E-state index < -0.39 is 0 Å². The van der Waals surface area contributed by atoms with Gasteiger partial charge in [0, 0.05) is 23.5 Å². The first-order valence-corrected chi connectivity index (χ1v) is 6.71. The van der Waals surface area contributed by atoms with Crippen molar-refractivity contribution in [1.82, 2.24) is 15.2 Å². The number of aromatic nitrogens is 1. The Morgan fingerprint density at radius 1 is 1.47 bits per heavy atom. The number of H-pyrrole nitrogens is 1. The monoisotopic (exact) mass is 257 g/mol. The Hall–Kier alpha value is -1.81. The number of aryl methyl sites for hydroxylation is 1. The van der Waals surface area contributed by atoms with E-state index in [0.717, 1.165) is 36.0 Å². The van der Waals surface area contributed by atoms with E-state index in [4.69, 9.17) is 0 Å². The molecule has 0 aliphatic carbocycles. The van der Waals surface area contributed by atoms with Crippen LogP contribution in [0, 0.1) is 6.92 Å². The molecule has 100 valence electrons. The molecule has 1 aromatic heterocycles. The molecule has 0 bridgehead atoms. The van der Waals surface area contributed by atoms with Crippen molar-refractivity contribution >= 4 is 16.8 Å². The number of hydrogen-bond acceptors (Lipinski definition) is 2. The van der Waals surface area contributed by atoms with Crippen molar-refractivity contribution in [2.75, 3.05) is 20.1 Å². The molecule has 1 aromatic carbocycles. The molecule has 2 heterocycles. The minimum atomic E-state index is -0.00380. The molecule has 1 aliphatic heterocycles. The van der Waals surface area contributed by atoms with Crippen LogP contribution in [0.15, 0.2) is 24.3 Å². The van der Waals surface area contributed by atoms with Crippen LogP contribution in [0.25, 0.3) is 10.9 Å². The summed E-state index contributed by atoms with van der Waals surface area (Å²) in [4.78, 5) is 17.7. The summed E-state index contributed by atoms with van der Waals surface area (Å²) in [6.07, 6.45) is 1.03. The maximum Gasteiger partial charge on any atom is 0.267 e. The Kier molecular flexibility index (Phi) is 3.03. The highest BCUT2D eigenvalue weighted by atomic mass is 16.1. The topological polar surface area (TPSA) is 48.1 Å². The maximum atomic E-state index is 12.2. The van der Waals surface area contributed by atoms with Crippen LogP contribution in [0.2, 0.25) is 0 Å². The summed E-state index contributed by atoms with van der Waals surface area (Å²) in [6, 6.07) is 8.28. The van der Waals surface area contributed by atoms with Gasteiger partial charge in [-0.3, -0.25) is 4.79 Å². The summed E-state index contributed by atoms with van der Waals surface area (Å²) in [5, 5.41) is 4.19. The van der Waals surface area contributed by atoms with E-state index in [1.807, 2.05) is 31.2 Å². The number of likely N-dealkylation sites (tertiary alicyclic amines) is 1. The fourth-order valence-electron chi connectivity index (χ4n) is 2.75. The second kappa shape index (κ2) is 4.70. The summed E-state index contributed by atoms with van der Waals surface area (Å²) < 4.78 is 0. The van der Waals surface area contributed by atoms with Crippen LogP contribution in [-0.4, -0.2) is 42.0 Å². The predicted molar refractivity (Wildman–Crippen MR) is 76.4 cm³/mol. The molecule has 0 saturated carbocycles. The quantitative estimate of drug-likeness (QED) is 0.863. The first kappa shape index (κ1) is 12.2. The van der Waals surface area contributed by atoms with E-state index in [9.17, 15) is 4.79 Å². The zero-order valence-electron chi connectivity index (χ0n) is 11.4. The minimum Gasteiger partial charge on any atom is -0.350 e. The average molecular weight is 257 g/mol. The zero-order valence-corrected chi connectivity index (χ0v) is 11.4. The number of nitrogens with zero attached hydrogens (tertiary/aromatic N) is 1. The number of amides is 1. The fraction of sp³-hybridized carbons (Fsp3) is 0.400. The lowest BCUT2D eigenvalue weighted by Gasteiger charge is -2.11. The molecule has 4 heteroatoms. The van der Waals surface area contributed by atoms with E-state index in [2.05, 4.69) is 22.2 Å². The van der Waals surface area contributed by atoms with Crippen LogP contribution < -0.4 is 5.32 Å². The zero-order chi connectivity index (χ0) is 13.4. The van der Waals surface area contributed by atoms with Gasteiger partial charge >= 0.3 is 0 Å². The van der Waals surface area contributed by atoms with Crippen LogP contribution in [0.1, 0.15) is 22.5 Å². The van der Waals surface area contributed by atoms with Gasteiger partial charge in [0.05, 0.1) is 0 Å². The van der Waals surface area contributed by atoms with Gasteiger partial charge in [0.25, 0.3) is 5.91 Å². The number of nitrogens with one attached hydrogen (secondary N) is 2. The van der Waals surface area contributed by atoms with E-state index >= 15 is 0 Å². The number of rotatable bonds is 2. The molecular weight excluding hydrogens is 238 g/mol. The van der Waals surface area contributed by atoms with Gasteiger partial charge in [0.1, 0.15) is 5.69 Å². The highest BCUT2D eigenvalue weighted by molar-refractivity contribution is 5.98. The molecule has 2 N–H and O–H groups in total. The highest BCUT2D eigenvalue weighted by Gasteiger charge is 2.22.